The van der Waals surface area contributed by atoms with E-state index >= 15 is 0 Å². The van der Waals surface area contributed by atoms with E-state index in [1.54, 1.807) is 13.0 Å². The molecule has 0 unspecified atom stereocenters. The van der Waals surface area contributed by atoms with Gasteiger partial charge in [0.05, 0.1) is 0 Å². The molecule has 1 heterocycles. The molecule has 1 aromatic heterocycles. The Hall–Kier alpha value is -2.43. The molecule has 1 aromatic carbocycles. The number of amides is 1. The summed E-state index contributed by atoms with van der Waals surface area (Å²) in [5.41, 5.74) is 2.48. The van der Waals surface area contributed by atoms with Crippen molar-refractivity contribution in [1.29, 1.82) is 0 Å². The van der Waals surface area contributed by atoms with Crippen LogP contribution in [0.5, 0.6) is 0 Å². The molecule has 0 bridgehead atoms. The standard InChI is InChI=1S/C16H20N4O/c1-10(2)17-16(21)14-9-15(19-12(4)18-14)20-13-7-5-11(3)6-8-13/h5-10H,1-4H3,(H,17,21)(H,18,19,20). The third-order valence-electron chi connectivity index (χ3n) is 2.81. The van der Waals surface area contributed by atoms with Gasteiger partial charge in [-0.15, -0.1) is 0 Å². The summed E-state index contributed by atoms with van der Waals surface area (Å²) in [7, 11) is 0. The lowest BCUT2D eigenvalue weighted by molar-refractivity contribution is 0.0937. The third kappa shape index (κ3) is 4.27. The first-order chi connectivity index (χ1) is 9.94. The van der Waals surface area contributed by atoms with Gasteiger partial charge in [0.1, 0.15) is 17.3 Å². The van der Waals surface area contributed by atoms with E-state index in [1.807, 2.05) is 45.0 Å². The van der Waals surface area contributed by atoms with Crippen LogP contribution in [-0.4, -0.2) is 21.9 Å². The summed E-state index contributed by atoms with van der Waals surface area (Å²) in [4.78, 5) is 20.5. The van der Waals surface area contributed by atoms with Gasteiger partial charge in [-0.3, -0.25) is 4.79 Å². The minimum Gasteiger partial charge on any atom is -0.349 e. The molecule has 0 radical (unpaired) electrons. The maximum Gasteiger partial charge on any atom is 0.270 e. The van der Waals surface area contributed by atoms with Crippen LogP contribution in [-0.2, 0) is 0 Å². The van der Waals surface area contributed by atoms with E-state index in [1.165, 1.54) is 5.56 Å². The Morgan fingerprint density at radius 2 is 1.76 bits per heavy atom. The maximum atomic E-state index is 12.0. The first-order valence-corrected chi connectivity index (χ1v) is 6.94. The molecule has 0 saturated heterocycles. The molecule has 110 valence electrons. The molecule has 0 aliphatic rings. The molecule has 21 heavy (non-hydrogen) atoms. The van der Waals surface area contributed by atoms with E-state index in [2.05, 4.69) is 20.6 Å². The number of rotatable bonds is 4. The summed E-state index contributed by atoms with van der Waals surface area (Å²) in [6.07, 6.45) is 0. The topological polar surface area (TPSA) is 66.9 Å². The summed E-state index contributed by atoms with van der Waals surface area (Å²) < 4.78 is 0. The highest BCUT2D eigenvalue weighted by Gasteiger charge is 2.11. The molecule has 0 fully saturated rings. The van der Waals surface area contributed by atoms with Gasteiger partial charge in [0.2, 0.25) is 0 Å². The number of carbonyl (C=O) groups is 1. The van der Waals surface area contributed by atoms with Crippen LogP contribution in [0.25, 0.3) is 0 Å². The Labute approximate surface area is 124 Å². The molecule has 5 heteroatoms. The van der Waals surface area contributed by atoms with E-state index in [4.69, 9.17) is 0 Å². The van der Waals surface area contributed by atoms with E-state index in [9.17, 15) is 4.79 Å². The minimum absolute atomic E-state index is 0.0706. The molecular weight excluding hydrogens is 264 g/mol. The Kier molecular flexibility index (Phi) is 4.52. The van der Waals surface area contributed by atoms with E-state index < -0.39 is 0 Å². The first kappa shape index (κ1) is 15.0. The molecule has 0 spiro atoms. The number of benzene rings is 1. The predicted molar refractivity (Wildman–Crippen MR) is 83.8 cm³/mol. The van der Waals surface area contributed by atoms with Crippen molar-refractivity contribution in [3.63, 3.8) is 0 Å². The largest absolute Gasteiger partial charge is 0.349 e. The van der Waals surface area contributed by atoms with Gasteiger partial charge in [-0.2, -0.15) is 0 Å². The average Bonchev–Trinajstić information content (AvgIpc) is 2.40. The summed E-state index contributed by atoms with van der Waals surface area (Å²) in [5, 5.41) is 6.02. The lowest BCUT2D eigenvalue weighted by Gasteiger charge is -2.11. The second kappa shape index (κ2) is 6.35. The Bertz CT molecular complexity index is 635. The summed E-state index contributed by atoms with van der Waals surface area (Å²) in [6.45, 7) is 7.63. The quantitative estimate of drug-likeness (QED) is 0.905. The molecule has 2 rings (SSSR count). The number of carbonyl (C=O) groups excluding carboxylic acids is 1. The van der Waals surface area contributed by atoms with Crippen LogP contribution < -0.4 is 10.6 Å². The highest BCUT2D eigenvalue weighted by Crippen LogP contribution is 2.16. The summed E-state index contributed by atoms with van der Waals surface area (Å²) in [5.74, 6) is 0.976. The predicted octanol–water partition coefficient (Wildman–Crippen LogP) is 2.98. The summed E-state index contributed by atoms with van der Waals surface area (Å²) >= 11 is 0. The Morgan fingerprint density at radius 1 is 1.10 bits per heavy atom. The monoisotopic (exact) mass is 284 g/mol. The smallest absolute Gasteiger partial charge is 0.270 e. The van der Waals surface area contributed by atoms with E-state index in [0.717, 1.165) is 5.69 Å². The fourth-order valence-electron chi connectivity index (χ4n) is 1.87. The van der Waals surface area contributed by atoms with Crippen molar-refractivity contribution in [3.8, 4) is 0 Å². The van der Waals surface area contributed by atoms with Crippen LogP contribution in [0.2, 0.25) is 0 Å². The van der Waals surface area contributed by atoms with Crippen LogP contribution in [0.4, 0.5) is 11.5 Å². The second-order valence-corrected chi connectivity index (χ2v) is 5.30. The number of hydrogen-bond donors (Lipinski definition) is 2. The van der Waals surface area contributed by atoms with Crippen molar-refractivity contribution < 1.29 is 4.79 Å². The summed E-state index contributed by atoms with van der Waals surface area (Å²) in [6, 6.07) is 9.71. The number of nitrogens with zero attached hydrogens (tertiary/aromatic N) is 2. The van der Waals surface area contributed by atoms with Crippen molar-refractivity contribution in [2.45, 2.75) is 33.7 Å². The molecule has 2 N–H and O–H groups in total. The number of nitrogens with one attached hydrogen (secondary N) is 2. The first-order valence-electron chi connectivity index (χ1n) is 6.94. The molecule has 2 aromatic rings. The van der Waals surface area contributed by atoms with Crippen LogP contribution >= 0.6 is 0 Å². The van der Waals surface area contributed by atoms with Gasteiger partial charge in [-0.25, -0.2) is 9.97 Å². The van der Waals surface area contributed by atoms with Gasteiger partial charge >= 0.3 is 0 Å². The lowest BCUT2D eigenvalue weighted by Crippen LogP contribution is -2.31. The van der Waals surface area contributed by atoms with Crippen molar-refractivity contribution in [2.75, 3.05) is 5.32 Å². The van der Waals surface area contributed by atoms with Crippen molar-refractivity contribution in [2.24, 2.45) is 0 Å². The molecule has 1 amide bonds. The van der Waals surface area contributed by atoms with Crippen LogP contribution in [0.15, 0.2) is 30.3 Å². The van der Waals surface area contributed by atoms with Gasteiger partial charge in [0.25, 0.3) is 5.91 Å². The van der Waals surface area contributed by atoms with Crippen LogP contribution in [0.1, 0.15) is 35.7 Å². The van der Waals surface area contributed by atoms with Gasteiger partial charge in [0, 0.05) is 17.8 Å². The van der Waals surface area contributed by atoms with Gasteiger partial charge in [-0.1, -0.05) is 17.7 Å². The highest BCUT2D eigenvalue weighted by atomic mass is 16.1. The molecule has 0 aliphatic carbocycles. The zero-order chi connectivity index (χ0) is 15.4. The third-order valence-corrected chi connectivity index (χ3v) is 2.81. The number of aryl methyl sites for hydroxylation is 2. The normalized spacial score (nSPS) is 10.5. The fourth-order valence-corrected chi connectivity index (χ4v) is 1.87. The lowest BCUT2D eigenvalue weighted by atomic mass is 10.2. The van der Waals surface area contributed by atoms with E-state index in [-0.39, 0.29) is 11.9 Å². The Morgan fingerprint density at radius 3 is 2.38 bits per heavy atom. The zero-order valence-electron chi connectivity index (χ0n) is 12.8. The minimum atomic E-state index is -0.192. The van der Waals surface area contributed by atoms with Crippen molar-refractivity contribution in [3.05, 3.63) is 47.4 Å². The number of anilines is 2. The molecule has 5 nitrogen and oxygen atoms in total. The van der Waals surface area contributed by atoms with Crippen molar-refractivity contribution in [1.82, 2.24) is 15.3 Å². The number of hydrogen-bond acceptors (Lipinski definition) is 4. The van der Waals surface area contributed by atoms with Crippen molar-refractivity contribution >= 4 is 17.4 Å². The molecule has 0 atom stereocenters. The molecule has 0 saturated carbocycles. The maximum absolute atomic E-state index is 12.0. The van der Waals surface area contributed by atoms with Gasteiger partial charge in [0.15, 0.2) is 0 Å². The van der Waals surface area contributed by atoms with Gasteiger partial charge < -0.3 is 10.6 Å². The fraction of sp³-hybridized carbons (Fsp3) is 0.312. The zero-order valence-corrected chi connectivity index (χ0v) is 12.8. The molecule has 0 aliphatic heterocycles. The number of aromatic nitrogens is 2. The van der Waals surface area contributed by atoms with E-state index in [0.29, 0.717) is 17.3 Å². The van der Waals surface area contributed by atoms with Crippen LogP contribution in [0.3, 0.4) is 0 Å². The molecular formula is C16H20N4O. The average molecular weight is 284 g/mol. The highest BCUT2D eigenvalue weighted by molar-refractivity contribution is 5.93. The Balaban J connectivity index is 2.22. The van der Waals surface area contributed by atoms with Crippen LogP contribution in [0, 0.1) is 13.8 Å². The SMILES string of the molecule is Cc1ccc(Nc2cc(C(=O)NC(C)C)nc(C)n2)cc1. The van der Waals surface area contributed by atoms with Gasteiger partial charge in [-0.05, 0) is 39.8 Å². The second-order valence-electron chi connectivity index (χ2n) is 5.30.